The predicted molar refractivity (Wildman–Crippen MR) is 93.9 cm³/mol. The number of aliphatic hydroxyl groups excluding tert-OH is 1. The van der Waals surface area contributed by atoms with E-state index in [1.807, 2.05) is 0 Å². The van der Waals surface area contributed by atoms with E-state index in [9.17, 15) is 8.42 Å². The molecule has 0 radical (unpaired) electrons. The van der Waals surface area contributed by atoms with Crippen molar-refractivity contribution in [3.05, 3.63) is 66.4 Å². The number of aliphatic hydroxyl groups is 1. The number of ether oxygens (including phenoxy) is 1. The second-order valence-corrected chi connectivity index (χ2v) is 6.96. The van der Waals surface area contributed by atoms with Gasteiger partial charge in [-0.2, -0.15) is 0 Å². The van der Waals surface area contributed by atoms with Crippen LogP contribution in [0.5, 0.6) is 5.75 Å². The maximum absolute atomic E-state index is 12.5. The zero-order chi connectivity index (χ0) is 17.9. The lowest BCUT2D eigenvalue weighted by Crippen LogP contribution is -2.12. The van der Waals surface area contributed by atoms with Crippen LogP contribution in [0.15, 0.2) is 70.0 Å². The molecule has 3 rings (SSSR count). The van der Waals surface area contributed by atoms with Crippen LogP contribution in [0.4, 0.5) is 5.69 Å². The standard InChI is InChI=1S/C18H17NO5S/c1-23-15-6-4-14(5-7-15)19-25(21,22)17-9-2-13(3-10-17)18-11-8-16(12-20)24-18/h2-11,19-20H,12H2,1H3. The molecule has 2 aromatic carbocycles. The molecule has 130 valence electrons. The summed E-state index contributed by atoms with van der Waals surface area (Å²) in [5, 5.41) is 9.03. The zero-order valence-corrected chi connectivity index (χ0v) is 14.3. The second-order valence-electron chi connectivity index (χ2n) is 5.28. The van der Waals surface area contributed by atoms with Gasteiger partial charge in [-0.3, -0.25) is 4.72 Å². The van der Waals surface area contributed by atoms with Gasteiger partial charge in [0.15, 0.2) is 0 Å². The summed E-state index contributed by atoms with van der Waals surface area (Å²) in [6, 6.07) is 16.3. The van der Waals surface area contributed by atoms with Gasteiger partial charge in [-0.25, -0.2) is 8.42 Å². The lowest BCUT2D eigenvalue weighted by molar-refractivity contribution is 0.248. The van der Waals surface area contributed by atoms with Crippen LogP contribution in [0.1, 0.15) is 5.76 Å². The first-order chi connectivity index (χ1) is 12.0. The first-order valence-electron chi connectivity index (χ1n) is 7.49. The maximum Gasteiger partial charge on any atom is 0.261 e. The van der Waals surface area contributed by atoms with E-state index in [2.05, 4.69) is 4.72 Å². The number of benzene rings is 2. The lowest BCUT2D eigenvalue weighted by atomic mass is 10.2. The van der Waals surface area contributed by atoms with Gasteiger partial charge in [-0.1, -0.05) is 0 Å². The van der Waals surface area contributed by atoms with E-state index < -0.39 is 10.0 Å². The molecule has 0 saturated carbocycles. The van der Waals surface area contributed by atoms with E-state index in [1.165, 1.54) is 12.1 Å². The highest BCUT2D eigenvalue weighted by molar-refractivity contribution is 7.92. The topological polar surface area (TPSA) is 88.8 Å². The van der Waals surface area contributed by atoms with Gasteiger partial charge >= 0.3 is 0 Å². The fourth-order valence-electron chi connectivity index (χ4n) is 2.29. The van der Waals surface area contributed by atoms with E-state index in [1.54, 1.807) is 55.6 Å². The van der Waals surface area contributed by atoms with Crippen LogP contribution in [0.2, 0.25) is 0 Å². The summed E-state index contributed by atoms with van der Waals surface area (Å²) in [6.45, 7) is -0.182. The van der Waals surface area contributed by atoms with Gasteiger partial charge in [-0.15, -0.1) is 0 Å². The summed E-state index contributed by atoms with van der Waals surface area (Å²) in [5.41, 5.74) is 1.17. The third-order valence-electron chi connectivity index (χ3n) is 3.61. The predicted octanol–water partition coefficient (Wildman–Crippen LogP) is 3.25. The van der Waals surface area contributed by atoms with Crippen LogP contribution in [0.3, 0.4) is 0 Å². The Morgan fingerprint density at radius 2 is 1.68 bits per heavy atom. The number of methoxy groups -OCH3 is 1. The Labute approximate surface area is 145 Å². The average molecular weight is 359 g/mol. The molecule has 0 aliphatic rings. The van der Waals surface area contributed by atoms with Crippen molar-refractivity contribution in [1.29, 1.82) is 0 Å². The monoisotopic (exact) mass is 359 g/mol. The van der Waals surface area contributed by atoms with Gasteiger partial charge in [0.2, 0.25) is 0 Å². The molecule has 0 amide bonds. The van der Waals surface area contributed by atoms with Gasteiger partial charge in [-0.05, 0) is 60.7 Å². The van der Waals surface area contributed by atoms with E-state index in [-0.39, 0.29) is 11.5 Å². The Balaban J connectivity index is 1.79. The molecule has 1 aromatic heterocycles. The maximum atomic E-state index is 12.5. The van der Waals surface area contributed by atoms with E-state index in [4.69, 9.17) is 14.3 Å². The Kier molecular flexibility index (Phi) is 4.78. The Hall–Kier alpha value is -2.77. The molecular weight excluding hydrogens is 342 g/mol. The van der Waals surface area contributed by atoms with Crippen molar-refractivity contribution >= 4 is 15.7 Å². The first kappa shape index (κ1) is 17.1. The number of rotatable bonds is 6. The number of nitrogens with one attached hydrogen (secondary N) is 1. The van der Waals surface area contributed by atoms with Crippen LogP contribution in [-0.4, -0.2) is 20.6 Å². The molecule has 0 aliphatic heterocycles. The quantitative estimate of drug-likeness (QED) is 0.705. The van der Waals surface area contributed by atoms with E-state index >= 15 is 0 Å². The van der Waals surface area contributed by atoms with Crippen molar-refractivity contribution in [2.75, 3.05) is 11.8 Å². The fraction of sp³-hybridized carbons (Fsp3) is 0.111. The summed E-state index contributed by atoms with van der Waals surface area (Å²) >= 11 is 0. The van der Waals surface area contributed by atoms with Gasteiger partial charge < -0.3 is 14.3 Å². The SMILES string of the molecule is COc1ccc(NS(=O)(=O)c2ccc(-c3ccc(CO)o3)cc2)cc1. The molecule has 1 heterocycles. The van der Waals surface area contributed by atoms with E-state index in [0.717, 1.165) is 5.56 Å². The molecular formula is C18H17NO5S. The molecule has 0 atom stereocenters. The Morgan fingerprint density at radius 1 is 1.00 bits per heavy atom. The molecule has 0 aliphatic carbocycles. The van der Waals surface area contributed by atoms with Gasteiger partial charge in [0.1, 0.15) is 23.9 Å². The van der Waals surface area contributed by atoms with Gasteiger partial charge in [0, 0.05) is 11.3 Å². The third kappa shape index (κ3) is 3.84. The summed E-state index contributed by atoms with van der Waals surface area (Å²) in [6.07, 6.45) is 0. The molecule has 0 spiro atoms. The Bertz CT molecular complexity index is 944. The van der Waals surface area contributed by atoms with Crippen LogP contribution in [-0.2, 0) is 16.6 Å². The number of anilines is 1. The fourth-order valence-corrected chi connectivity index (χ4v) is 3.35. The molecule has 0 bridgehead atoms. The molecule has 0 fully saturated rings. The molecule has 0 saturated heterocycles. The van der Waals surface area contributed by atoms with Crippen LogP contribution in [0.25, 0.3) is 11.3 Å². The van der Waals surface area contributed by atoms with Crippen LogP contribution < -0.4 is 9.46 Å². The Morgan fingerprint density at radius 3 is 2.24 bits per heavy atom. The summed E-state index contributed by atoms with van der Waals surface area (Å²) < 4.78 is 37.9. The summed E-state index contributed by atoms with van der Waals surface area (Å²) in [4.78, 5) is 0.140. The van der Waals surface area contributed by atoms with Crippen LogP contribution in [0, 0.1) is 0 Å². The molecule has 7 heteroatoms. The van der Waals surface area contributed by atoms with Crippen molar-refractivity contribution in [2.45, 2.75) is 11.5 Å². The van der Waals surface area contributed by atoms with Crippen molar-refractivity contribution < 1.29 is 22.7 Å². The van der Waals surface area contributed by atoms with Crippen molar-refractivity contribution in [3.63, 3.8) is 0 Å². The van der Waals surface area contributed by atoms with Crippen molar-refractivity contribution in [2.24, 2.45) is 0 Å². The highest BCUT2D eigenvalue weighted by atomic mass is 32.2. The van der Waals surface area contributed by atoms with Crippen molar-refractivity contribution in [3.8, 4) is 17.1 Å². The first-order valence-corrected chi connectivity index (χ1v) is 8.97. The minimum atomic E-state index is -3.69. The number of sulfonamides is 1. The second kappa shape index (κ2) is 7.00. The highest BCUT2D eigenvalue weighted by Gasteiger charge is 2.15. The van der Waals surface area contributed by atoms with E-state index in [0.29, 0.717) is 23.0 Å². The summed E-state index contributed by atoms with van der Waals surface area (Å²) in [7, 11) is -2.15. The minimum absolute atomic E-state index is 0.140. The lowest BCUT2D eigenvalue weighted by Gasteiger charge is -2.09. The largest absolute Gasteiger partial charge is 0.497 e. The molecule has 25 heavy (non-hydrogen) atoms. The highest BCUT2D eigenvalue weighted by Crippen LogP contribution is 2.25. The number of hydrogen-bond acceptors (Lipinski definition) is 5. The number of furan rings is 1. The van der Waals surface area contributed by atoms with Gasteiger partial charge in [0.25, 0.3) is 10.0 Å². The third-order valence-corrected chi connectivity index (χ3v) is 5.01. The van der Waals surface area contributed by atoms with Gasteiger partial charge in [0.05, 0.1) is 12.0 Å². The van der Waals surface area contributed by atoms with Crippen molar-refractivity contribution in [1.82, 2.24) is 0 Å². The summed E-state index contributed by atoms with van der Waals surface area (Å²) in [5.74, 6) is 1.66. The molecule has 3 aromatic rings. The smallest absolute Gasteiger partial charge is 0.261 e. The molecule has 6 nitrogen and oxygen atoms in total. The zero-order valence-electron chi connectivity index (χ0n) is 13.5. The minimum Gasteiger partial charge on any atom is -0.497 e. The molecule has 2 N–H and O–H groups in total. The number of hydrogen-bond donors (Lipinski definition) is 2. The average Bonchev–Trinajstić information content (AvgIpc) is 3.11. The molecule has 0 unspecified atom stereocenters. The van der Waals surface area contributed by atoms with Crippen LogP contribution >= 0.6 is 0 Å². The normalized spacial score (nSPS) is 11.3.